The second-order valence-electron chi connectivity index (χ2n) is 0.247. The fraction of sp³-hybridized carbons (Fsp3) is 0. The summed E-state index contributed by atoms with van der Waals surface area (Å²) in [6, 6.07) is 0. The SMILES string of the molecule is [I][Al]([I])[I].[Na]. The Hall–Kier alpha value is 3.72. The minimum atomic E-state index is -0.229. The molecule has 0 aliphatic carbocycles. The summed E-state index contributed by atoms with van der Waals surface area (Å²) < 4.78 is -0.229. The molecule has 5 heteroatoms. The second-order valence-corrected chi connectivity index (χ2v) is 33.4. The van der Waals surface area contributed by atoms with E-state index in [0.29, 0.717) is 0 Å². The van der Waals surface area contributed by atoms with Gasteiger partial charge in [-0.1, -0.05) is 0 Å². The molecule has 0 aliphatic rings. The van der Waals surface area contributed by atoms with E-state index < -0.39 is 0 Å². The molecule has 0 fully saturated rings. The van der Waals surface area contributed by atoms with E-state index in [9.17, 15) is 0 Å². The maximum atomic E-state index is 2.46. The zero-order valence-corrected chi connectivity index (χ0v) is 12.3. The molecule has 0 amide bonds. The van der Waals surface area contributed by atoms with Crippen molar-refractivity contribution in [3.05, 3.63) is 0 Å². The predicted molar refractivity (Wildman–Crippen MR) is 53.6 cm³/mol. The topological polar surface area (TPSA) is 0 Å². The molecule has 0 aromatic carbocycles. The van der Waals surface area contributed by atoms with E-state index in [2.05, 4.69) is 60.8 Å². The van der Waals surface area contributed by atoms with Crippen molar-refractivity contribution in [1.82, 2.24) is 0 Å². The molecule has 0 spiro atoms. The van der Waals surface area contributed by atoms with E-state index in [1.165, 1.54) is 0 Å². The van der Waals surface area contributed by atoms with Gasteiger partial charge in [-0.2, -0.15) is 60.8 Å². The van der Waals surface area contributed by atoms with Gasteiger partial charge in [0.15, 0.2) is 0 Å². The fourth-order valence-corrected chi connectivity index (χ4v) is 0. The first-order valence-electron chi connectivity index (χ1n) is 0.655. The van der Waals surface area contributed by atoms with Crippen LogP contribution in [0.4, 0.5) is 0 Å². The Morgan fingerprint density at radius 2 is 1.00 bits per heavy atom. The summed E-state index contributed by atoms with van der Waals surface area (Å²) in [5.74, 6) is 0. The van der Waals surface area contributed by atoms with Crippen LogP contribution in [-0.4, -0.2) is 33.9 Å². The number of halogens is 3. The van der Waals surface area contributed by atoms with E-state index in [-0.39, 0.29) is 33.9 Å². The Balaban J connectivity index is 0. The van der Waals surface area contributed by atoms with Crippen molar-refractivity contribution in [2.24, 2.45) is 0 Å². The molecule has 0 rings (SSSR count). The third-order valence-electron chi connectivity index (χ3n) is 0. The van der Waals surface area contributed by atoms with E-state index in [1.54, 1.807) is 0 Å². The molecule has 25 valence electrons. The van der Waals surface area contributed by atoms with Crippen LogP contribution in [0.15, 0.2) is 0 Å². The summed E-state index contributed by atoms with van der Waals surface area (Å²) >= 11 is 7.37. The van der Waals surface area contributed by atoms with E-state index >= 15 is 0 Å². The van der Waals surface area contributed by atoms with E-state index in [0.717, 1.165) is 0 Å². The molecule has 0 aromatic heterocycles. The van der Waals surface area contributed by atoms with Crippen molar-refractivity contribution >= 4 is 94.7 Å². The van der Waals surface area contributed by atoms with Crippen LogP contribution in [0.25, 0.3) is 0 Å². The molecule has 0 aromatic rings. The summed E-state index contributed by atoms with van der Waals surface area (Å²) in [6.45, 7) is 0. The van der Waals surface area contributed by atoms with Crippen molar-refractivity contribution in [1.29, 1.82) is 0 Å². The molecule has 0 N–H and O–H groups in total. The van der Waals surface area contributed by atoms with E-state index in [1.807, 2.05) is 0 Å². The van der Waals surface area contributed by atoms with Crippen LogP contribution in [0.1, 0.15) is 0 Å². The zero-order valence-electron chi connectivity index (χ0n) is 2.71. The molecule has 5 heavy (non-hydrogen) atoms. The minimum Gasteiger partial charge on any atom is -0.175 e. The first-order valence-corrected chi connectivity index (χ1v) is 13.2. The Morgan fingerprint density at radius 3 is 1.00 bits per heavy atom. The van der Waals surface area contributed by atoms with Crippen LogP contribution in [0.2, 0.25) is 0 Å². The monoisotopic (exact) mass is 431 g/mol. The molecule has 0 saturated heterocycles. The summed E-state index contributed by atoms with van der Waals surface area (Å²) in [7, 11) is 0. The third-order valence-corrected chi connectivity index (χ3v) is 0. The van der Waals surface area contributed by atoms with E-state index in [4.69, 9.17) is 0 Å². The van der Waals surface area contributed by atoms with Crippen molar-refractivity contribution < 1.29 is 0 Å². The van der Waals surface area contributed by atoms with Crippen LogP contribution >= 0.6 is 60.8 Å². The van der Waals surface area contributed by atoms with Gasteiger partial charge in [0.05, 0.1) is 0 Å². The summed E-state index contributed by atoms with van der Waals surface area (Å²) in [6.07, 6.45) is 0. The van der Waals surface area contributed by atoms with Gasteiger partial charge in [-0.15, -0.1) is 0 Å². The molecule has 0 heterocycles. The molecule has 0 nitrogen and oxygen atoms in total. The number of hydrogen-bond donors (Lipinski definition) is 0. The van der Waals surface area contributed by atoms with Crippen LogP contribution in [0, 0.1) is 0 Å². The Morgan fingerprint density at radius 1 is 1.00 bits per heavy atom. The van der Waals surface area contributed by atoms with Gasteiger partial charge >= 0.3 is 4.30 Å². The second kappa shape index (κ2) is 7.72. The molecule has 0 bridgehead atoms. The molecular weight excluding hydrogens is 431 g/mol. The molecule has 1 radical (unpaired) electrons. The largest absolute Gasteiger partial charge is 0.524 e. The van der Waals surface area contributed by atoms with Gasteiger partial charge in [-0.25, -0.2) is 0 Å². The first-order chi connectivity index (χ1) is 1.73. The Labute approximate surface area is 91.9 Å². The van der Waals surface area contributed by atoms with Gasteiger partial charge in [-0.05, 0) is 0 Å². The quantitative estimate of drug-likeness (QED) is 0.407. The average molecular weight is 431 g/mol. The summed E-state index contributed by atoms with van der Waals surface area (Å²) in [5, 5.41) is 0. The average Bonchev–Trinajstić information content (AvgIpc) is 0.811. The van der Waals surface area contributed by atoms with Crippen molar-refractivity contribution in [2.45, 2.75) is 0 Å². The zero-order chi connectivity index (χ0) is 3.58. The Bertz CT molecular complexity index is 11.6. The fourth-order valence-electron chi connectivity index (χ4n) is 0. The van der Waals surface area contributed by atoms with Crippen LogP contribution in [-0.2, 0) is 0 Å². The third kappa shape index (κ3) is 18.2. The molecule has 0 unspecified atom stereocenters. The smallest absolute Gasteiger partial charge is 0.175 e. The summed E-state index contributed by atoms with van der Waals surface area (Å²) in [5.41, 5.74) is 0. The van der Waals surface area contributed by atoms with Gasteiger partial charge in [0.25, 0.3) is 0 Å². The molecule has 0 aliphatic heterocycles. The van der Waals surface area contributed by atoms with Crippen LogP contribution in [0.5, 0.6) is 0 Å². The van der Waals surface area contributed by atoms with Crippen molar-refractivity contribution in [3.63, 3.8) is 0 Å². The van der Waals surface area contributed by atoms with Gasteiger partial charge in [0.1, 0.15) is 0 Å². The maximum absolute atomic E-state index is 2.46. The van der Waals surface area contributed by atoms with Crippen molar-refractivity contribution in [3.8, 4) is 0 Å². The maximum Gasteiger partial charge on any atom is 0.524 e. The Kier molecular flexibility index (Phi) is 17.8. The standard InChI is InChI=1S/Al.3HI.Na/h;3*1H;/q+3;;;;/p-3. The first kappa shape index (κ1) is 11.5. The van der Waals surface area contributed by atoms with Gasteiger partial charge in [-0.3, -0.25) is 0 Å². The van der Waals surface area contributed by atoms with Gasteiger partial charge in [0.2, 0.25) is 0 Å². The van der Waals surface area contributed by atoms with Crippen LogP contribution in [0.3, 0.4) is 0 Å². The van der Waals surface area contributed by atoms with Crippen LogP contribution < -0.4 is 0 Å². The number of rotatable bonds is 0. The molecule has 0 atom stereocenters. The number of hydrogen-bond acceptors (Lipinski definition) is 0. The van der Waals surface area contributed by atoms with Gasteiger partial charge in [0, 0.05) is 29.6 Å². The van der Waals surface area contributed by atoms with Crippen molar-refractivity contribution in [2.75, 3.05) is 0 Å². The summed E-state index contributed by atoms with van der Waals surface area (Å²) in [4.78, 5) is 0. The van der Waals surface area contributed by atoms with Gasteiger partial charge < -0.3 is 0 Å². The molecule has 0 saturated carbocycles. The molecular formula is AlI3Na. The predicted octanol–water partition coefficient (Wildman–Crippen LogP) is 1.90. The normalized spacial score (nSPS) is 5.40. The minimum absolute atomic E-state index is 0.